The van der Waals surface area contributed by atoms with Crippen LogP contribution in [0.4, 0.5) is 0 Å². The second-order valence-electron chi connectivity index (χ2n) is 4.41. The summed E-state index contributed by atoms with van der Waals surface area (Å²) in [4.78, 5) is 11.8. The van der Waals surface area contributed by atoms with Gasteiger partial charge in [0, 0.05) is 11.4 Å². The summed E-state index contributed by atoms with van der Waals surface area (Å²) in [5, 5.41) is 11.2. The molecule has 0 saturated carbocycles. The Balaban J connectivity index is 3.06. The van der Waals surface area contributed by atoms with Gasteiger partial charge in [-0.15, -0.1) is 6.58 Å². The van der Waals surface area contributed by atoms with Crippen molar-refractivity contribution in [2.45, 2.75) is 25.4 Å². The third-order valence-corrected chi connectivity index (χ3v) is 3.04. The fourth-order valence-corrected chi connectivity index (χ4v) is 1.83. The summed E-state index contributed by atoms with van der Waals surface area (Å²) in [5.41, 5.74) is -0.157. The Bertz CT molecular complexity index is 462. The Morgan fingerprint density at radius 3 is 2.44 bits per heavy atom. The molecule has 0 fully saturated rings. The van der Waals surface area contributed by atoms with E-state index in [0.29, 0.717) is 22.6 Å². The van der Waals surface area contributed by atoms with Crippen molar-refractivity contribution in [1.29, 1.82) is 0 Å². The lowest BCUT2D eigenvalue weighted by Gasteiger charge is -2.27. The van der Waals surface area contributed by atoms with Crippen LogP contribution in [0.15, 0.2) is 49.1 Å². The lowest BCUT2D eigenvalue weighted by atomic mass is 9.84. The molecule has 0 saturated heterocycles. The molecular weight excluding hydrogens is 248 g/mol. The number of allylic oxidation sites excluding steroid dienone is 1. The minimum atomic E-state index is -1.25. The number of ketones is 1. The molecule has 1 rings (SSSR count). The fraction of sp³-hybridized carbons (Fsp3) is 0.267. The molecule has 0 aromatic heterocycles. The highest BCUT2D eigenvalue weighted by Gasteiger charge is 2.30. The zero-order chi connectivity index (χ0) is 13.8. The molecule has 2 nitrogen and oxygen atoms in total. The van der Waals surface area contributed by atoms with E-state index in [-0.39, 0.29) is 12.2 Å². The molecule has 1 atom stereocenters. The summed E-state index contributed by atoms with van der Waals surface area (Å²) in [6, 6.07) is 6.82. The Hall–Kier alpha value is -1.38. The van der Waals surface area contributed by atoms with E-state index in [1.807, 2.05) is 0 Å². The van der Waals surface area contributed by atoms with Crippen LogP contribution < -0.4 is 0 Å². The first-order valence-electron chi connectivity index (χ1n) is 5.67. The first kappa shape index (κ1) is 14.7. The number of aliphatic hydroxyl groups is 1. The third kappa shape index (κ3) is 3.56. The van der Waals surface area contributed by atoms with E-state index in [2.05, 4.69) is 13.2 Å². The van der Waals surface area contributed by atoms with E-state index < -0.39 is 5.60 Å². The fourth-order valence-electron chi connectivity index (χ4n) is 1.71. The number of carbonyl (C=O) groups excluding carboxylic acids is 1. The van der Waals surface area contributed by atoms with Gasteiger partial charge >= 0.3 is 0 Å². The second kappa shape index (κ2) is 5.98. The topological polar surface area (TPSA) is 37.3 Å². The van der Waals surface area contributed by atoms with Crippen LogP contribution >= 0.6 is 11.6 Å². The van der Waals surface area contributed by atoms with E-state index in [1.165, 1.54) is 0 Å². The van der Waals surface area contributed by atoms with Crippen molar-refractivity contribution in [3.05, 3.63) is 59.7 Å². The normalized spacial score (nSPS) is 13.7. The van der Waals surface area contributed by atoms with Crippen molar-refractivity contribution in [1.82, 2.24) is 0 Å². The summed E-state index contributed by atoms with van der Waals surface area (Å²) >= 11 is 5.81. The lowest BCUT2D eigenvalue weighted by molar-refractivity contribution is -0.120. The van der Waals surface area contributed by atoms with Gasteiger partial charge in [0.2, 0.25) is 0 Å². The van der Waals surface area contributed by atoms with Gasteiger partial charge in [-0.25, -0.2) is 0 Å². The van der Waals surface area contributed by atoms with Crippen LogP contribution in [0.2, 0.25) is 5.02 Å². The number of hydrogen-bond donors (Lipinski definition) is 1. The smallest absolute Gasteiger partial charge is 0.161 e. The quantitative estimate of drug-likeness (QED) is 0.629. The third-order valence-electron chi connectivity index (χ3n) is 2.79. The predicted molar refractivity (Wildman–Crippen MR) is 74.6 cm³/mol. The number of benzene rings is 1. The largest absolute Gasteiger partial charge is 0.384 e. The van der Waals surface area contributed by atoms with E-state index in [4.69, 9.17) is 11.6 Å². The molecule has 0 spiro atoms. The van der Waals surface area contributed by atoms with Crippen molar-refractivity contribution in [2.24, 2.45) is 0 Å². The molecular formula is C15H17ClO2. The molecule has 96 valence electrons. The molecule has 0 aliphatic heterocycles. The van der Waals surface area contributed by atoms with Crippen LogP contribution in [-0.2, 0) is 10.4 Å². The zero-order valence-corrected chi connectivity index (χ0v) is 11.2. The average Bonchev–Trinajstić information content (AvgIpc) is 2.29. The Labute approximate surface area is 113 Å². The van der Waals surface area contributed by atoms with Crippen molar-refractivity contribution >= 4 is 17.4 Å². The van der Waals surface area contributed by atoms with Gasteiger partial charge in [-0.2, -0.15) is 0 Å². The predicted octanol–water partition coefficient (Wildman–Crippen LogP) is 3.64. The van der Waals surface area contributed by atoms with Crippen LogP contribution in [0.25, 0.3) is 0 Å². The summed E-state index contributed by atoms with van der Waals surface area (Å²) in [7, 11) is 0. The number of halogens is 1. The van der Waals surface area contributed by atoms with Gasteiger partial charge in [0.15, 0.2) is 5.78 Å². The summed E-state index contributed by atoms with van der Waals surface area (Å²) in [5.74, 6) is -0.158. The van der Waals surface area contributed by atoms with E-state index >= 15 is 0 Å². The highest BCUT2D eigenvalue weighted by Crippen LogP contribution is 2.31. The van der Waals surface area contributed by atoms with E-state index in [1.54, 1.807) is 37.3 Å². The molecule has 0 aliphatic rings. The van der Waals surface area contributed by atoms with E-state index in [0.717, 1.165) is 0 Å². The first-order chi connectivity index (χ1) is 8.39. The van der Waals surface area contributed by atoms with Crippen LogP contribution in [0.5, 0.6) is 0 Å². The number of hydrogen-bond acceptors (Lipinski definition) is 2. The van der Waals surface area contributed by atoms with Crippen molar-refractivity contribution < 1.29 is 9.90 Å². The van der Waals surface area contributed by atoms with Crippen molar-refractivity contribution in [3.63, 3.8) is 0 Å². The molecule has 0 aliphatic carbocycles. The Morgan fingerprint density at radius 2 is 2.00 bits per heavy atom. The van der Waals surface area contributed by atoms with Gasteiger partial charge in [-0.1, -0.05) is 36.4 Å². The van der Waals surface area contributed by atoms with Gasteiger partial charge in [0.25, 0.3) is 0 Å². The molecule has 0 bridgehead atoms. The monoisotopic (exact) mass is 264 g/mol. The van der Waals surface area contributed by atoms with Crippen molar-refractivity contribution in [3.8, 4) is 0 Å². The van der Waals surface area contributed by atoms with Gasteiger partial charge in [0.05, 0.1) is 0 Å². The van der Waals surface area contributed by atoms with Gasteiger partial charge in [0.1, 0.15) is 5.60 Å². The Morgan fingerprint density at radius 1 is 1.44 bits per heavy atom. The molecule has 1 aromatic carbocycles. The minimum Gasteiger partial charge on any atom is -0.384 e. The summed E-state index contributed by atoms with van der Waals surface area (Å²) < 4.78 is 0. The summed E-state index contributed by atoms with van der Waals surface area (Å²) in [6.45, 7) is 8.86. The highest BCUT2D eigenvalue weighted by molar-refractivity contribution is 6.30. The number of carbonyl (C=O) groups is 1. The van der Waals surface area contributed by atoms with Crippen LogP contribution in [0, 0.1) is 0 Å². The molecule has 3 heteroatoms. The highest BCUT2D eigenvalue weighted by atomic mass is 35.5. The summed E-state index contributed by atoms with van der Waals surface area (Å²) in [6.07, 6.45) is 1.89. The second-order valence-corrected chi connectivity index (χ2v) is 4.85. The van der Waals surface area contributed by atoms with Crippen LogP contribution in [-0.4, -0.2) is 10.9 Å². The molecule has 1 unspecified atom stereocenters. The molecule has 18 heavy (non-hydrogen) atoms. The standard InChI is InChI=1S/C15H17ClO2/c1-4-9-15(18,10-14(17)11(2)3)12-5-7-13(16)8-6-12/h4-8,18H,1-2,9-10H2,3H3. The lowest BCUT2D eigenvalue weighted by Crippen LogP contribution is -2.28. The molecule has 0 amide bonds. The van der Waals surface area contributed by atoms with Gasteiger partial charge in [-0.05, 0) is 36.6 Å². The molecule has 0 radical (unpaired) electrons. The minimum absolute atomic E-state index is 0.00398. The number of Topliss-reactive ketones (excluding diaryl/α,β-unsaturated/α-hetero) is 1. The molecule has 0 heterocycles. The van der Waals surface area contributed by atoms with Gasteiger partial charge < -0.3 is 5.11 Å². The maximum atomic E-state index is 11.8. The molecule has 1 N–H and O–H groups in total. The van der Waals surface area contributed by atoms with Gasteiger partial charge in [-0.3, -0.25) is 4.79 Å². The first-order valence-corrected chi connectivity index (χ1v) is 6.05. The number of rotatable bonds is 6. The van der Waals surface area contributed by atoms with Crippen LogP contribution in [0.3, 0.4) is 0 Å². The maximum absolute atomic E-state index is 11.8. The average molecular weight is 265 g/mol. The van der Waals surface area contributed by atoms with Crippen LogP contribution in [0.1, 0.15) is 25.3 Å². The zero-order valence-electron chi connectivity index (χ0n) is 10.4. The van der Waals surface area contributed by atoms with E-state index in [9.17, 15) is 9.90 Å². The molecule has 1 aromatic rings. The SMILES string of the molecule is C=CCC(O)(CC(=O)C(=C)C)c1ccc(Cl)cc1. The van der Waals surface area contributed by atoms with Crippen molar-refractivity contribution in [2.75, 3.05) is 0 Å². The maximum Gasteiger partial charge on any atom is 0.161 e. The Kier molecular flexibility index (Phi) is 4.88.